The molecule has 0 aliphatic rings. The molecule has 0 aromatic heterocycles. The Kier molecular flexibility index (Phi) is 9.81. The third-order valence-electron chi connectivity index (χ3n) is 2.47. The molecule has 0 spiro atoms. The second kappa shape index (κ2) is 10.3. The van der Waals surface area contributed by atoms with Crippen molar-refractivity contribution in [1.29, 1.82) is 0 Å². The van der Waals surface area contributed by atoms with Crippen molar-refractivity contribution in [3.05, 3.63) is 0 Å². The van der Waals surface area contributed by atoms with Gasteiger partial charge in [-0.1, -0.05) is 20.3 Å². The molecule has 0 radical (unpaired) electrons. The Morgan fingerprint density at radius 3 is 2.47 bits per heavy atom. The third-order valence-corrected chi connectivity index (χ3v) is 2.76. The largest absolute Gasteiger partial charge is 0.363 e. The summed E-state index contributed by atoms with van der Waals surface area (Å²) in [6.45, 7) is 7.66. The summed E-state index contributed by atoms with van der Waals surface area (Å²) in [6, 6.07) is 0.247. The molecule has 3 N–H and O–H groups in total. The number of amides is 1. The zero-order valence-corrected chi connectivity index (χ0v) is 12.0. The maximum absolute atomic E-state index is 11.4. The first-order valence-corrected chi connectivity index (χ1v) is 6.82. The number of hydrogen-bond donors (Lipinski definition) is 3. The molecular weight excluding hydrogens is 234 g/mol. The Morgan fingerprint density at radius 2 is 1.88 bits per heavy atom. The van der Waals surface area contributed by atoms with Crippen molar-refractivity contribution in [3.8, 4) is 0 Å². The summed E-state index contributed by atoms with van der Waals surface area (Å²) in [7, 11) is 0. The van der Waals surface area contributed by atoms with Crippen LogP contribution < -0.4 is 16.0 Å². The summed E-state index contributed by atoms with van der Waals surface area (Å²) in [5.41, 5.74) is 0. The van der Waals surface area contributed by atoms with Gasteiger partial charge in [0.2, 0.25) is 5.91 Å². The van der Waals surface area contributed by atoms with Crippen LogP contribution in [-0.2, 0) is 4.79 Å². The second-order valence-corrected chi connectivity index (χ2v) is 4.57. The van der Waals surface area contributed by atoms with Crippen molar-refractivity contribution >= 4 is 23.2 Å². The molecule has 100 valence electrons. The van der Waals surface area contributed by atoms with E-state index in [1.54, 1.807) is 0 Å². The van der Waals surface area contributed by atoms with Gasteiger partial charge in [-0.15, -0.1) is 0 Å². The maximum Gasteiger partial charge on any atom is 0.221 e. The van der Waals surface area contributed by atoms with E-state index in [0.717, 1.165) is 25.8 Å². The summed E-state index contributed by atoms with van der Waals surface area (Å²) in [4.78, 5) is 11.4. The summed E-state index contributed by atoms with van der Waals surface area (Å²) in [5, 5.41) is 9.67. The average molecular weight is 259 g/mol. The van der Waals surface area contributed by atoms with Gasteiger partial charge in [0.25, 0.3) is 0 Å². The van der Waals surface area contributed by atoms with E-state index in [1.807, 2.05) is 6.92 Å². The van der Waals surface area contributed by atoms with Gasteiger partial charge in [0.05, 0.1) is 0 Å². The van der Waals surface area contributed by atoms with Crippen molar-refractivity contribution < 1.29 is 4.79 Å². The van der Waals surface area contributed by atoms with E-state index in [1.165, 1.54) is 0 Å². The molecule has 0 aromatic carbocycles. The van der Waals surface area contributed by atoms with Gasteiger partial charge in [-0.05, 0) is 32.0 Å². The Morgan fingerprint density at radius 1 is 1.24 bits per heavy atom. The van der Waals surface area contributed by atoms with Gasteiger partial charge in [0, 0.05) is 25.6 Å². The number of carbonyl (C=O) groups excluding carboxylic acids is 1. The van der Waals surface area contributed by atoms with E-state index >= 15 is 0 Å². The zero-order chi connectivity index (χ0) is 13.1. The highest BCUT2D eigenvalue weighted by atomic mass is 32.1. The molecule has 5 heteroatoms. The minimum Gasteiger partial charge on any atom is -0.363 e. The van der Waals surface area contributed by atoms with Crippen LogP contribution in [0.15, 0.2) is 0 Å². The molecule has 0 aliphatic heterocycles. The Balaban J connectivity index is 3.49. The van der Waals surface area contributed by atoms with Crippen LogP contribution in [0.1, 0.15) is 46.5 Å². The monoisotopic (exact) mass is 259 g/mol. The van der Waals surface area contributed by atoms with Gasteiger partial charge in [-0.3, -0.25) is 4.79 Å². The van der Waals surface area contributed by atoms with Gasteiger partial charge in [-0.25, -0.2) is 0 Å². The first kappa shape index (κ1) is 16.2. The average Bonchev–Trinajstić information content (AvgIpc) is 2.29. The molecule has 0 saturated heterocycles. The fourth-order valence-electron chi connectivity index (χ4n) is 1.18. The van der Waals surface area contributed by atoms with Gasteiger partial charge in [0.15, 0.2) is 5.11 Å². The standard InChI is InChI=1S/C12H25N3OS/c1-4-6-8-13-12(17)14-9-7-11(16)15-10(3)5-2/h10H,4-9H2,1-3H3,(H,15,16)(H2,13,14,17). The molecule has 1 unspecified atom stereocenters. The summed E-state index contributed by atoms with van der Waals surface area (Å²) < 4.78 is 0. The van der Waals surface area contributed by atoms with E-state index in [4.69, 9.17) is 12.2 Å². The Labute approximate surface area is 110 Å². The smallest absolute Gasteiger partial charge is 0.221 e. The normalized spacial score (nSPS) is 11.7. The zero-order valence-electron chi connectivity index (χ0n) is 11.1. The molecule has 0 fully saturated rings. The van der Waals surface area contributed by atoms with Crippen molar-refractivity contribution in [1.82, 2.24) is 16.0 Å². The predicted octanol–water partition coefficient (Wildman–Crippen LogP) is 1.56. The molecular formula is C12H25N3OS. The molecule has 1 atom stereocenters. The fourth-order valence-corrected chi connectivity index (χ4v) is 1.38. The molecule has 1 amide bonds. The summed E-state index contributed by atoms with van der Waals surface area (Å²) in [5.74, 6) is 0.0724. The second-order valence-electron chi connectivity index (χ2n) is 4.16. The number of rotatable bonds is 8. The number of nitrogens with one attached hydrogen (secondary N) is 3. The minimum absolute atomic E-state index is 0.0724. The van der Waals surface area contributed by atoms with Crippen LogP contribution in [0.2, 0.25) is 0 Å². The highest BCUT2D eigenvalue weighted by molar-refractivity contribution is 7.80. The van der Waals surface area contributed by atoms with Crippen LogP contribution in [0.5, 0.6) is 0 Å². The lowest BCUT2D eigenvalue weighted by atomic mass is 10.2. The number of thiocarbonyl (C=S) groups is 1. The number of hydrogen-bond acceptors (Lipinski definition) is 2. The van der Waals surface area contributed by atoms with Gasteiger partial charge in [-0.2, -0.15) is 0 Å². The highest BCUT2D eigenvalue weighted by Gasteiger charge is 2.04. The van der Waals surface area contributed by atoms with Crippen LogP contribution >= 0.6 is 12.2 Å². The van der Waals surface area contributed by atoms with Gasteiger partial charge in [0.1, 0.15) is 0 Å². The molecule has 0 aromatic rings. The van der Waals surface area contributed by atoms with Crippen LogP contribution in [0.25, 0.3) is 0 Å². The lowest BCUT2D eigenvalue weighted by molar-refractivity contribution is -0.121. The highest BCUT2D eigenvalue weighted by Crippen LogP contribution is 1.89. The lowest BCUT2D eigenvalue weighted by Gasteiger charge is -2.12. The quantitative estimate of drug-likeness (QED) is 0.457. The van der Waals surface area contributed by atoms with Crippen LogP contribution in [-0.4, -0.2) is 30.2 Å². The lowest BCUT2D eigenvalue weighted by Crippen LogP contribution is -2.39. The van der Waals surface area contributed by atoms with Crippen molar-refractivity contribution in [2.75, 3.05) is 13.1 Å². The first-order chi connectivity index (χ1) is 8.10. The number of carbonyl (C=O) groups is 1. The molecule has 0 heterocycles. The molecule has 0 bridgehead atoms. The van der Waals surface area contributed by atoms with Gasteiger partial charge >= 0.3 is 0 Å². The van der Waals surface area contributed by atoms with E-state index in [2.05, 4.69) is 29.8 Å². The molecule has 0 saturated carbocycles. The summed E-state index contributed by atoms with van der Waals surface area (Å²) in [6.07, 6.45) is 3.67. The minimum atomic E-state index is 0.0724. The van der Waals surface area contributed by atoms with Gasteiger partial charge < -0.3 is 16.0 Å². The van der Waals surface area contributed by atoms with Crippen LogP contribution in [0.4, 0.5) is 0 Å². The predicted molar refractivity (Wildman–Crippen MR) is 76.0 cm³/mol. The molecule has 0 aliphatic carbocycles. The molecule has 4 nitrogen and oxygen atoms in total. The van der Waals surface area contributed by atoms with E-state index in [9.17, 15) is 4.79 Å². The fraction of sp³-hybridized carbons (Fsp3) is 0.833. The van der Waals surface area contributed by atoms with Crippen molar-refractivity contribution in [2.45, 2.75) is 52.5 Å². The van der Waals surface area contributed by atoms with E-state index < -0.39 is 0 Å². The third kappa shape index (κ3) is 10.1. The molecule has 17 heavy (non-hydrogen) atoms. The van der Waals surface area contributed by atoms with Crippen molar-refractivity contribution in [3.63, 3.8) is 0 Å². The van der Waals surface area contributed by atoms with Crippen LogP contribution in [0.3, 0.4) is 0 Å². The Hall–Kier alpha value is -0.840. The number of unbranched alkanes of at least 4 members (excludes halogenated alkanes) is 1. The van der Waals surface area contributed by atoms with E-state index in [-0.39, 0.29) is 11.9 Å². The molecule has 0 rings (SSSR count). The maximum atomic E-state index is 11.4. The van der Waals surface area contributed by atoms with Crippen LogP contribution in [0, 0.1) is 0 Å². The SMILES string of the molecule is CCCCNC(=S)NCCC(=O)NC(C)CC. The Bertz CT molecular complexity index is 234. The first-order valence-electron chi connectivity index (χ1n) is 6.41. The summed E-state index contributed by atoms with van der Waals surface area (Å²) >= 11 is 5.08. The van der Waals surface area contributed by atoms with E-state index in [0.29, 0.717) is 18.1 Å². The topological polar surface area (TPSA) is 53.2 Å². The van der Waals surface area contributed by atoms with Crippen molar-refractivity contribution in [2.24, 2.45) is 0 Å².